The molecule has 1 aliphatic rings. The van der Waals surface area contributed by atoms with Crippen LogP contribution in [0.2, 0.25) is 0 Å². The lowest BCUT2D eigenvalue weighted by molar-refractivity contribution is -0.128. The molecule has 1 atom stereocenters. The van der Waals surface area contributed by atoms with Gasteiger partial charge in [-0.05, 0) is 66.9 Å². The average Bonchev–Trinajstić information content (AvgIpc) is 3.35. The van der Waals surface area contributed by atoms with Crippen LogP contribution in [0.15, 0.2) is 66.7 Å². The van der Waals surface area contributed by atoms with Crippen LogP contribution in [0.5, 0.6) is 5.75 Å². The molecule has 1 aromatic heterocycles. The van der Waals surface area contributed by atoms with E-state index in [9.17, 15) is 9.18 Å². The smallest absolute Gasteiger partial charge is 0.223 e. The van der Waals surface area contributed by atoms with Crippen molar-refractivity contribution in [2.75, 3.05) is 13.2 Å². The van der Waals surface area contributed by atoms with E-state index in [4.69, 9.17) is 9.72 Å². The van der Waals surface area contributed by atoms with E-state index in [0.29, 0.717) is 32.7 Å². The summed E-state index contributed by atoms with van der Waals surface area (Å²) in [5, 5.41) is 0. The molecule has 34 heavy (non-hydrogen) atoms. The number of imidazole rings is 1. The number of ether oxygens (including phenoxy) is 1. The number of rotatable bonds is 7. The number of aryl methyl sites for hydroxylation is 2. The number of benzene rings is 3. The van der Waals surface area contributed by atoms with Gasteiger partial charge in [0.15, 0.2) is 0 Å². The van der Waals surface area contributed by atoms with Gasteiger partial charge in [-0.15, -0.1) is 0 Å². The predicted octanol–water partition coefficient (Wildman–Crippen LogP) is 5.39. The van der Waals surface area contributed by atoms with Crippen LogP contribution in [-0.4, -0.2) is 33.5 Å². The molecule has 1 fully saturated rings. The third kappa shape index (κ3) is 4.67. The minimum atomic E-state index is -0.272. The zero-order valence-corrected chi connectivity index (χ0v) is 19.5. The number of amides is 1. The Morgan fingerprint density at radius 3 is 2.53 bits per heavy atom. The third-order valence-corrected chi connectivity index (χ3v) is 6.33. The van der Waals surface area contributed by atoms with Crippen molar-refractivity contribution in [1.29, 1.82) is 0 Å². The van der Waals surface area contributed by atoms with E-state index in [-0.39, 0.29) is 17.6 Å². The molecule has 0 bridgehead atoms. The monoisotopic (exact) mass is 457 g/mol. The Labute approximate surface area is 198 Å². The van der Waals surface area contributed by atoms with Gasteiger partial charge in [-0.3, -0.25) is 4.79 Å². The molecule has 0 radical (unpaired) electrons. The molecule has 1 saturated heterocycles. The zero-order chi connectivity index (χ0) is 23.7. The van der Waals surface area contributed by atoms with E-state index in [1.807, 2.05) is 35.2 Å². The predicted molar refractivity (Wildman–Crippen MR) is 130 cm³/mol. The summed E-state index contributed by atoms with van der Waals surface area (Å²) in [5.41, 5.74) is 5.24. The molecule has 6 heteroatoms. The van der Waals surface area contributed by atoms with Crippen LogP contribution in [0.4, 0.5) is 4.39 Å². The second-order valence-electron chi connectivity index (χ2n) is 9.08. The van der Waals surface area contributed by atoms with Crippen molar-refractivity contribution in [1.82, 2.24) is 14.5 Å². The third-order valence-electron chi connectivity index (χ3n) is 6.33. The summed E-state index contributed by atoms with van der Waals surface area (Å²) in [7, 11) is 0. The molecule has 1 aliphatic heterocycles. The average molecular weight is 458 g/mol. The Balaban J connectivity index is 1.35. The second kappa shape index (κ2) is 9.29. The fourth-order valence-corrected chi connectivity index (χ4v) is 4.82. The van der Waals surface area contributed by atoms with Crippen molar-refractivity contribution in [3.05, 3.63) is 95.1 Å². The van der Waals surface area contributed by atoms with Crippen molar-refractivity contribution in [3.63, 3.8) is 0 Å². The molecule has 5 rings (SSSR count). The molecular formula is C28H28FN3O2. The maximum absolute atomic E-state index is 13.3. The fourth-order valence-electron chi connectivity index (χ4n) is 4.82. The molecule has 5 nitrogen and oxygen atoms in total. The Morgan fingerprint density at radius 1 is 1.03 bits per heavy atom. The topological polar surface area (TPSA) is 47.4 Å². The van der Waals surface area contributed by atoms with Gasteiger partial charge in [-0.2, -0.15) is 0 Å². The largest absolute Gasteiger partial charge is 0.492 e. The second-order valence-corrected chi connectivity index (χ2v) is 9.08. The number of hydrogen-bond acceptors (Lipinski definition) is 3. The van der Waals surface area contributed by atoms with Gasteiger partial charge in [0.05, 0.1) is 17.6 Å². The summed E-state index contributed by atoms with van der Waals surface area (Å²) >= 11 is 0. The minimum absolute atomic E-state index is 0.00145. The maximum Gasteiger partial charge on any atom is 0.223 e. The molecule has 2 heterocycles. The highest BCUT2D eigenvalue weighted by Gasteiger charge is 2.34. The normalized spacial score (nSPS) is 15.9. The quantitative estimate of drug-likeness (QED) is 0.374. The van der Waals surface area contributed by atoms with Crippen molar-refractivity contribution < 1.29 is 13.9 Å². The van der Waals surface area contributed by atoms with E-state index in [0.717, 1.165) is 28.2 Å². The Kier molecular flexibility index (Phi) is 6.05. The van der Waals surface area contributed by atoms with E-state index in [2.05, 4.69) is 30.5 Å². The fraction of sp³-hybridized carbons (Fsp3) is 0.286. The minimum Gasteiger partial charge on any atom is -0.492 e. The van der Waals surface area contributed by atoms with Crippen molar-refractivity contribution in [3.8, 4) is 5.75 Å². The number of halogens is 1. The number of likely N-dealkylation sites (tertiary alicyclic amines) is 1. The Bertz CT molecular complexity index is 1310. The number of carbonyl (C=O) groups is 1. The van der Waals surface area contributed by atoms with E-state index < -0.39 is 0 Å². The lowest BCUT2D eigenvalue weighted by Gasteiger charge is -2.18. The molecule has 174 valence electrons. The maximum atomic E-state index is 13.3. The molecule has 3 aromatic carbocycles. The summed E-state index contributed by atoms with van der Waals surface area (Å²) in [6, 6.07) is 20.6. The molecule has 0 aliphatic carbocycles. The van der Waals surface area contributed by atoms with E-state index in [1.54, 1.807) is 12.1 Å². The highest BCUT2D eigenvalue weighted by atomic mass is 19.1. The number of nitrogens with zero attached hydrogens (tertiary/aromatic N) is 3. The summed E-state index contributed by atoms with van der Waals surface area (Å²) in [4.78, 5) is 19.6. The van der Waals surface area contributed by atoms with Crippen LogP contribution in [-0.2, 0) is 17.9 Å². The molecule has 1 amide bonds. The molecule has 0 saturated carbocycles. The first-order valence-corrected chi connectivity index (χ1v) is 11.6. The zero-order valence-electron chi connectivity index (χ0n) is 19.5. The van der Waals surface area contributed by atoms with Gasteiger partial charge < -0.3 is 14.2 Å². The summed E-state index contributed by atoms with van der Waals surface area (Å²) in [6.45, 7) is 6.36. The van der Waals surface area contributed by atoms with Gasteiger partial charge >= 0.3 is 0 Å². The van der Waals surface area contributed by atoms with Gasteiger partial charge in [0, 0.05) is 25.4 Å². The lowest BCUT2D eigenvalue weighted by Crippen LogP contribution is -2.24. The van der Waals surface area contributed by atoms with Crippen LogP contribution >= 0.6 is 0 Å². The van der Waals surface area contributed by atoms with Crippen LogP contribution in [0.1, 0.15) is 34.9 Å². The Hall–Kier alpha value is -3.67. The van der Waals surface area contributed by atoms with Crippen LogP contribution in [0.3, 0.4) is 0 Å². The van der Waals surface area contributed by atoms with Crippen molar-refractivity contribution in [2.45, 2.75) is 39.3 Å². The highest BCUT2D eigenvalue weighted by Crippen LogP contribution is 2.31. The molecule has 0 unspecified atom stereocenters. The van der Waals surface area contributed by atoms with Gasteiger partial charge in [-0.1, -0.05) is 30.3 Å². The first-order valence-electron chi connectivity index (χ1n) is 11.6. The summed E-state index contributed by atoms with van der Waals surface area (Å²) in [6.07, 6.45) is 0.419. The number of fused-ring (bicyclic) bond motifs is 1. The number of para-hydroxylation sites is 2. The van der Waals surface area contributed by atoms with E-state index in [1.165, 1.54) is 23.3 Å². The standard InChI is InChI=1S/C28H28FN3O2/c1-19-13-20(2)15-24(14-19)34-12-11-32-26-6-4-3-5-25(26)30-28(32)22-16-27(33)31(18-22)17-21-7-9-23(29)10-8-21/h3-10,13-15,22H,11-12,16-18H2,1-2H3/t22-/m0/s1. The first kappa shape index (κ1) is 22.1. The van der Waals surface area contributed by atoms with Crippen LogP contribution < -0.4 is 4.74 Å². The molecule has 0 spiro atoms. The lowest BCUT2D eigenvalue weighted by atomic mass is 10.1. The van der Waals surface area contributed by atoms with Crippen LogP contribution in [0.25, 0.3) is 11.0 Å². The Morgan fingerprint density at radius 2 is 1.76 bits per heavy atom. The van der Waals surface area contributed by atoms with Gasteiger partial charge in [0.1, 0.15) is 24.0 Å². The highest BCUT2D eigenvalue weighted by molar-refractivity contribution is 5.81. The van der Waals surface area contributed by atoms with Crippen LogP contribution in [0, 0.1) is 19.7 Å². The van der Waals surface area contributed by atoms with Gasteiger partial charge in [0.25, 0.3) is 0 Å². The number of hydrogen-bond donors (Lipinski definition) is 0. The molecule has 0 N–H and O–H groups in total. The van der Waals surface area contributed by atoms with Gasteiger partial charge in [-0.25, -0.2) is 9.37 Å². The number of aromatic nitrogens is 2. The summed E-state index contributed by atoms with van der Waals surface area (Å²) < 4.78 is 21.5. The van der Waals surface area contributed by atoms with Gasteiger partial charge in [0.2, 0.25) is 5.91 Å². The molecule has 4 aromatic rings. The van der Waals surface area contributed by atoms with E-state index >= 15 is 0 Å². The SMILES string of the molecule is Cc1cc(C)cc(OCCn2c([C@H]3CC(=O)N(Cc4ccc(F)cc4)C3)nc3ccccc32)c1. The van der Waals surface area contributed by atoms with Crippen molar-refractivity contribution >= 4 is 16.9 Å². The van der Waals surface area contributed by atoms with Crippen molar-refractivity contribution in [2.24, 2.45) is 0 Å². The summed E-state index contributed by atoms with van der Waals surface area (Å²) in [5.74, 6) is 1.61. The molecular weight excluding hydrogens is 429 g/mol. The number of carbonyl (C=O) groups excluding carboxylic acids is 1. The first-order chi connectivity index (χ1) is 16.5.